The lowest BCUT2D eigenvalue weighted by atomic mass is 9.98. The summed E-state index contributed by atoms with van der Waals surface area (Å²) in [6, 6.07) is 12.0. The molecule has 1 saturated heterocycles. The first-order chi connectivity index (χ1) is 24.7. The van der Waals surface area contributed by atoms with Crippen molar-refractivity contribution in [3.8, 4) is 28.4 Å². The average molecular weight is 702 g/mol. The second-order valence-corrected chi connectivity index (χ2v) is 13.3. The van der Waals surface area contributed by atoms with Gasteiger partial charge >= 0.3 is 0 Å². The van der Waals surface area contributed by atoms with E-state index in [0.717, 1.165) is 11.1 Å². The molecule has 1 aromatic heterocycles. The van der Waals surface area contributed by atoms with Crippen molar-refractivity contribution in [3.05, 3.63) is 65.6 Å². The van der Waals surface area contributed by atoms with Crippen molar-refractivity contribution < 1.29 is 37.8 Å². The molecule has 3 aromatic rings. The van der Waals surface area contributed by atoms with Crippen LogP contribution in [0.15, 0.2) is 53.1 Å². The molecule has 4 bridgehead atoms. The molecule has 0 saturated carbocycles. The highest BCUT2D eigenvalue weighted by atomic mass is 16.5. The van der Waals surface area contributed by atoms with E-state index in [1.54, 1.807) is 47.2 Å². The Morgan fingerprint density at radius 2 is 1.75 bits per heavy atom. The minimum atomic E-state index is -0.518. The van der Waals surface area contributed by atoms with Gasteiger partial charge in [-0.05, 0) is 81.1 Å². The number of nitrogens with one attached hydrogen (secondary N) is 2. The minimum Gasteiger partial charge on any atom is -0.496 e. The Kier molecular flexibility index (Phi) is 11.4. The average Bonchev–Trinajstić information content (AvgIpc) is 3.58. The summed E-state index contributed by atoms with van der Waals surface area (Å²) in [5, 5.41) is 5.91. The van der Waals surface area contributed by atoms with Crippen LogP contribution in [-0.2, 0) is 16.1 Å². The lowest BCUT2D eigenvalue weighted by Crippen LogP contribution is -2.58. The van der Waals surface area contributed by atoms with Gasteiger partial charge in [-0.15, -0.1) is 0 Å². The van der Waals surface area contributed by atoms with Gasteiger partial charge in [-0.1, -0.05) is 0 Å². The fourth-order valence-electron chi connectivity index (χ4n) is 6.93. The predicted octanol–water partition coefficient (Wildman–Crippen LogP) is 3.71. The Hall–Kier alpha value is -5.04. The first-order valence-electron chi connectivity index (χ1n) is 17.8. The van der Waals surface area contributed by atoms with Crippen LogP contribution in [0.25, 0.3) is 11.1 Å². The number of hydrogen-bond donors (Lipinski definition) is 2. The van der Waals surface area contributed by atoms with Gasteiger partial charge < -0.3 is 39.1 Å². The molecule has 13 nitrogen and oxygen atoms in total. The van der Waals surface area contributed by atoms with Crippen LogP contribution in [0.1, 0.15) is 66.0 Å². The van der Waals surface area contributed by atoms with E-state index in [1.807, 2.05) is 26.0 Å². The number of amides is 4. The summed E-state index contributed by atoms with van der Waals surface area (Å²) >= 11 is 0. The molecule has 0 aliphatic carbocycles. The topological polar surface area (TPSA) is 143 Å². The van der Waals surface area contributed by atoms with E-state index in [4.69, 9.17) is 18.6 Å². The summed E-state index contributed by atoms with van der Waals surface area (Å²) in [5.74, 6) is 1.18. The van der Waals surface area contributed by atoms with Crippen molar-refractivity contribution in [1.29, 1.82) is 0 Å². The number of ether oxygens (including phenoxy) is 3. The zero-order valence-electron chi connectivity index (χ0n) is 29.6. The molecular formula is C38H47N5O8. The number of nitrogens with zero attached hydrogens (tertiary/aromatic N) is 3. The number of carbonyl (C=O) groups is 4. The van der Waals surface area contributed by atoms with Crippen molar-refractivity contribution in [3.63, 3.8) is 0 Å². The SMILES string of the molecule is COc1ccc2cc1-c1cc3c(c(c1)OCCCCN(C(=O)CC1C(=O)NCCN1C(C)C)CCCNC2=O)OCCN(C(=O)c1ccco1)C3. The fourth-order valence-corrected chi connectivity index (χ4v) is 6.93. The number of rotatable bonds is 5. The van der Waals surface area contributed by atoms with Crippen LogP contribution in [0, 0.1) is 0 Å². The molecule has 3 aliphatic heterocycles. The van der Waals surface area contributed by atoms with E-state index >= 15 is 0 Å². The summed E-state index contributed by atoms with van der Waals surface area (Å²) in [6.45, 7) is 7.87. The molecule has 51 heavy (non-hydrogen) atoms. The predicted molar refractivity (Wildman–Crippen MR) is 189 cm³/mol. The first-order valence-corrected chi connectivity index (χ1v) is 17.8. The summed E-state index contributed by atoms with van der Waals surface area (Å²) in [6.07, 6.45) is 3.45. The molecule has 1 unspecified atom stereocenters. The smallest absolute Gasteiger partial charge is 0.289 e. The van der Waals surface area contributed by atoms with E-state index in [-0.39, 0.29) is 55.0 Å². The van der Waals surface area contributed by atoms with Crippen molar-refractivity contribution in [2.45, 2.75) is 58.2 Å². The van der Waals surface area contributed by atoms with Gasteiger partial charge in [-0.25, -0.2) is 0 Å². The Morgan fingerprint density at radius 1 is 0.902 bits per heavy atom. The number of hydrogen-bond acceptors (Lipinski definition) is 9. The molecule has 4 heterocycles. The number of benzene rings is 2. The standard InChI is InChI=1S/C38H47N5O8/c1-25(2)43-15-12-40-37(46)30(43)23-34(44)41-13-4-5-17-50-33-22-27(29-21-26(9-10-31(29)48-3)36(45)39-11-7-14-41)20-28-24-42(16-19-51-35(28)33)38(47)32-8-6-18-49-32/h6,8-10,18,20-22,25,30H,4-5,7,11-17,19,23-24H2,1-3H3,(H,39,45)(H,40,46). The molecule has 4 amide bonds. The second kappa shape index (κ2) is 16.3. The first kappa shape index (κ1) is 35.8. The highest BCUT2D eigenvalue weighted by Gasteiger charge is 2.34. The summed E-state index contributed by atoms with van der Waals surface area (Å²) in [4.78, 5) is 58.8. The van der Waals surface area contributed by atoms with E-state index in [0.29, 0.717) is 93.5 Å². The van der Waals surface area contributed by atoms with Crippen molar-refractivity contribution >= 4 is 23.6 Å². The van der Waals surface area contributed by atoms with Crippen LogP contribution in [0.2, 0.25) is 0 Å². The Balaban J connectivity index is 1.27. The van der Waals surface area contributed by atoms with Crippen molar-refractivity contribution in [2.75, 3.05) is 59.6 Å². The normalized spacial score (nSPS) is 19.1. The number of methoxy groups -OCH3 is 1. The molecule has 2 aromatic carbocycles. The third kappa shape index (κ3) is 8.30. The molecule has 272 valence electrons. The molecular weight excluding hydrogens is 654 g/mol. The molecule has 1 fully saturated rings. The summed E-state index contributed by atoms with van der Waals surface area (Å²) < 4.78 is 23.7. The monoisotopic (exact) mass is 701 g/mol. The van der Waals surface area contributed by atoms with E-state index in [2.05, 4.69) is 15.5 Å². The third-order valence-corrected chi connectivity index (χ3v) is 9.62. The number of piperazine rings is 1. The molecule has 0 radical (unpaired) electrons. The quantitative estimate of drug-likeness (QED) is 0.407. The lowest BCUT2D eigenvalue weighted by Gasteiger charge is -2.38. The maximum absolute atomic E-state index is 13.7. The molecule has 13 heteroatoms. The third-order valence-electron chi connectivity index (χ3n) is 9.62. The molecule has 0 spiro atoms. The lowest BCUT2D eigenvalue weighted by molar-refractivity contribution is -0.139. The zero-order valence-corrected chi connectivity index (χ0v) is 29.6. The van der Waals surface area contributed by atoms with Crippen LogP contribution in [-0.4, -0.2) is 110 Å². The summed E-state index contributed by atoms with van der Waals surface area (Å²) in [5.41, 5.74) is 2.63. The van der Waals surface area contributed by atoms with Crippen molar-refractivity contribution in [2.24, 2.45) is 0 Å². The number of carbonyl (C=O) groups excluding carboxylic acids is 4. The van der Waals surface area contributed by atoms with Gasteiger partial charge in [0.05, 0.1) is 45.5 Å². The van der Waals surface area contributed by atoms with Gasteiger partial charge in [-0.3, -0.25) is 24.1 Å². The van der Waals surface area contributed by atoms with Crippen molar-refractivity contribution in [1.82, 2.24) is 25.3 Å². The van der Waals surface area contributed by atoms with Crippen LogP contribution in [0.4, 0.5) is 0 Å². The van der Waals surface area contributed by atoms with Crippen LogP contribution in [0.5, 0.6) is 17.2 Å². The maximum atomic E-state index is 13.7. The number of furan rings is 1. The van der Waals surface area contributed by atoms with Gasteiger partial charge in [-0.2, -0.15) is 0 Å². The Morgan fingerprint density at radius 3 is 2.53 bits per heavy atom. The van der Waals surface area contributed by atoms with Crippen LogP contribution < -0.4 is 24.8 Å². The maximum Gasteiger partial charge on any atom is 0.289 e. The fraction of sp³-hybridized carbons (Fsp3) is 0.474. The van der Waals surface area contributed by atoms with E-state index in [1.165, 1.54) is 6.26 Å². The van der Waals surface area contributed by atoms with Crippen LogP contribution in [0.3, 0.4) is 0 Å². The second-order valence-electron chi connectivity index (χ2n) is 13.3. The molecule has 6 rings (SSSR count). The molecule has 2 N–H and O–H groups in total. The van der Waals surface area contributed by atoms with Crippen LogP contribution >= 0.6 is 0 Å². The largest absolute Gasteiger partial charge is 0.496 e. The zero-order chi connectivity index (χ0) is 35.9. The summed E-state index contributed by atoms with van der Waals surface area (Å²) in [7, 11) is 1.58. The van der Waals surface area contributed by atoms with Gasteiger partial charge in [0, 0.05) is 55.5 Å². The van der Waals surface area contributed by atoms with Gasteiger partial charge in [0.1, 0.15) is 12.4 Å². The van der Waals surface area contributed by atoms with E-state index in [9.17, 15) is 19.2 Å². The number of fused-ring (bicyclic) bond motifs is 7. The molecule has 3 aliphatic rings. The van der Waals surface area contributed by atoms with Gasteiger partial charge in [0.15, 0.2) is 17.3 Å². The molecule has 1 atom stereocenters. The Bertz CT molecular complexity index is 1720. The highest BCUT2D eigenvalue weighted by molar-refractivity contribution is 5.96. The minimum absolute atomic E-state index is 0.0901. The Labute approximate surface area is 298 Å². The van der Waals surface area contributed by atoms with Gasteiger partial charge in [0.2, 0.25) is 11.8 Å². The van der Waals surface area contributed by atoms with Gasteiger partial charge in [0.25, 0.3) is 11.8 Å². The van der Waals surface area contributed by atoms with E-state index < -0.39 is 6.04 Å². The highest BCUT2D eigenvalue weighted by Crippen LogP contribution is 2.41.